The van der Waals surface area contributed by atoms with Crippen LogP contribution in [0.3, 0.4) is 0 Å². The minimum absolute atomic E-state index is 0.907. The van der Waals surface area contributed by atoms with Gasteiger partial charge in [0.15, 0.2) is 0 Å². The molecule has 0 heteroatoms. The Bertz CT molecular complexity index is 202. The van der Waals surface area contributed by atoms with E-state index in [0.717, 1.165) is 35.5 Å². The van der Waals surface area contributed by atoms with Crippen molar-refractivity contribution >= 4 is 0 Å². The first-order valence-corrected chi connectivity index (χ1v) is 7.15. The average Bonchev–Trinajstić information content (AvgIpc) is 2.66. The van der Waals surface area contributed by atoms with Gasteiger partial charge in [-0.2, -0.15) is 0 Å². The van der Waals surface area contributed by atoms with Crippen molar-refractivity contribution in [2.75, 3.05) is 0 Å². The van der Waals surface area contributed by atoms with E-state index in [9.17, 15) is 0 Å². The predicted molar refractivity (Wildman–Crippen MR) is 66.7 cm³/mol. The average molecular weight is 208 g/mol. The molecule has 2 saturated carbocycles. The summed E-state index contributed by atoms with van der Waals surface area (Å²) in [6.45, 7) is 9.63. The van der Waals surface area contributed by atoms with Gasteiger partial charge in [0.1, 0.15) is 0 Å². The molecule has 0 amide bonds. The summed E-state index contributed by atoms with van der Waals surface area (Å²) >= 11 is 0. The molecule has 0 aromatic heterocycles. The smallest absolute Gasteiger partial charge is 0.0326 e. The van der Waals surface area contributed by atoms with Gasteiger partial charge in [0.25, 0.3) is 0 Å². The lowest BCUT2D eigenvalue weighted by Gasteiger charge is -2.31. The minimum atomic E-state index is 0.907. The molecule has 0 radical (unpaired) electrons. The van der Waals surface area contributed by atoms with E-state index in [4.69, 9.17) is 0 Å². The van der Waals surface area contributed by atoms with Gasteiger partial charge in [-0.05, 0) is 48.3 Å². The molecule has 0 saturated heterocycles. The fourth-order valence-corrected chi connectivity index (χ4v) is 3.87. The number of rotatable bonds is 6. The molecule has 15 heavy (non-hydrogen) atoms. The third-order valence-corrected chi connectivity index (χ3v) is 5.23. The van der Waals surface area contributed by atoms with Gasteiger partial charge in [-0.3, -0.25) is 0 Å². The minimum Gasteiger partial charge on any atom is -0.0654 e. The highest BCUT2D eigenvalue weighted by molar-refractivity contribution is 5.08. The van der Waals surface area contributed by atoms with Crippen molar-refractivity contribution in [3.63, 3.8) is 0 Å². The van der Waals surface area contributed by atoms with E-state index in [-0.39, 0.29) is 0 Å². The van der Waals surface area contributed by atoms with Crippen LogP contribution in [0.15, 0.2) is 0 Å². The molecule has 0 aromatic carbocycles. The van der Waals surface area contributed by atoms with Crippen molar-refractivity contribution in [2.24, 2.45) is 35.5 Å². The van der Waals surface area contributed by atoms with Gasteiger partial charge in [-0.25, -0.2) is 0 Å². The van der Waals surface area contributed by atoms with Gasteiger partial charge in [0.2, 0.25) is 0 Å². The molecule has 0 heterocycles. The molecule has 0 bridgehead atoms. The van der Waals surface area contributed by atoms with E-state index in [2.05, 4.69) is 27.7 Å². The standard InChI is InChI=1S/C15H28/c1-5-6-7-12(10(2)3)8-13-9-14-11(4)15(13)14/h10-15H,5-9H2,1-4H3. The quantitative estimate of drug-likeness (QED) is 0.591. The largest absolute Gasteiger partial charge is 0.0654 e. The van der Waals surface area contributed by atoms with Crippen molar-refractivity contribution in [3.8, 4) is 0 Å². The summed E-state index contributed by atoms with van der Waals surface area (Å²) < 4.78 is 0. The summed E-state index contributed by atoms with van der Waals surface area (Å²) in [6.07, 6.45) is 7.41. The monoisotopic (exact) mass is 208 g/mol. The van der Waals surface area contributed by atoms with Gasteiger partial charge < -0.3 is 0 Å². The molecular formula is C15H28. The van der Waals surface area contributed by atoms with Gasteiger partial charge in [-0.15, -0.1) is 0 Å². The maximum absolute atomic E-state index is 2.46. The molecule has 88 valence electrons. The zero-order valence-corrected chi connectivity index (χ0v) is 11.0. The second kappa shape index (κ2) is 4.47. The number of hydrogen-bond acceptors (Lipinski definition) is 0. The summed E-state index contributed by atoms with van der Waals surface area (Å²) in [5.41, 5.74) is 0. The second-order valence-electron chi connectivity index (χ2n) is 6.48. The molecule has 5 unspecified atom stereocenters. The molecule has 5 atom stereocenters. The van der Waals surface area contributed by atoms with Crippen LogP contribution >= 0.6 is 0 Å². The van der Waals surface area contributed by atoms with Gasteiger partial charge in [0.05, 0.1) is 0 Å². The Kier molecular flexibility index (Phi) is 3.42. The Morgan fingerprint density at radius 2 is 2.00 bits per heavy atom. The first-order chi connectivity index (χ1) is 7.15. The Morgan fingerprint density at radius 3 is 2.40 bits per heavy atom. The Hall–Kier alpha value is 0. The third kappa shape index (κ3) is 2.24. The van der Waals surface area contributed by atoms with E-state index in [1.165, 1.54) is 19.3 Å². The molecule has 0 nitrogen and oxygen atoms in total. The van der Waals surface area contributed by atoms with Crippen LogP contribution in [0.5, 0.6) is 0 Å². The second-order valence-corrected chi connectivity index (χ2v) is 6.48. The molecule has 2 fully saturated rings. The SMILES string of the molecule is CCCCC(CC1CC2C(C)C12)C(C)C. The molecule has 0 aliphatic heterocycles. The lowest BCUT2D eigenvalue weighted by atomic mass is 9.74. The van der Waals surface area contributed by atoms with E-state index >= 15 is 0 Å². The molecule has 0 aromatic rings. The van der Waals surface area contributed by atoms with Crippen LogP contribution in [0, 0.1) is 35.5 Å². The highest BCUT2D eigenvalue weighted by Gasteiger charge is 2.59. The van der Waals surface area contributed by atoms with Crippen LogP contribution in [0.4, 0.5) is 0 Å². The van der Waals surface area contributed by atoms with Crippen molar-refractivity contribution in [3.05, 3.63) is 0 Å². The zero-order valence-electron chi connectivity index (χ0n) is 11.0. The van der Waals surface area contributed by atoms with Crippen LogP contribution in [-0.2, 0) is 0 Å². The van der Waals surface area contributed by atoms with Crippen molar-refractivity contribution in [1.82, 2.24) is 0 Å². The maximum Gasteiger partial charge on any atom is -0.0326 e. The highest BCUT2D eigenvalue weighted by Crippen LogP contribution is 2.66. The fraction of sp³-hybridized carbons (Fsp3) is 1.00. The van der Waals surface area contributed by atoms with Crippen LogP contribution in [0.2, 0.25) is 0 Å². The first-order valence-electron chi connectivity index (χ1n) is 7.15. The molecule has 0 spiro atoms. The van der Waals surface area contributed by atoms with Crippen LogP contribution in [0.1, 0.15) is 59.8 Å². The van der Waals surface area contributed by atoms with Gasteiger partial charge >= 0.3 is 0 Å². The molecule has 2 aliphatic rings. The van der Waals surface area contributed by atoms with Gasteiger partial charge in [-0.1, -0.05) is 47.0 Å². The topological polar surface area (TPSA) is 0 Å². The van der Waals surface area contributed by atoms with Crippen molar-refractivity contribution in [1.29, 1.82) is 0 Å². The van der Waals surface area contributed by atoms with Crippen LogP contribution < -0.4 is 0 Å². The Labute approximate surface area is 95.8 Å². The number of hydrogen-bond donors (Lipinski definition) is 0. The summed E-state index contributed by atoms with van der Waals surface area (Å²) in [7, 11) is 0. The molecule has 2 aliphatic carbocycles. The highest BCUT2D eigenvalue weighted by atomic mass is 14.6. The summed E-state index contributed by atoms with van der Waals surface area (Å²) in [4.78, 5) is 0. The van der Waals surface area contributed by atoms with E-state index in [0.29, 0.717) is 0 Å². The molecule has 2 rings (SSSR count). The Balaban J connectivity index is 1.74. The van der Waals surface area contributed by atoms with E-state index in [1.807, 2.05) is 0 Å². The van der Waals surface area contributed by atoms with Crippen LogP contribution in [-0.4, -0.2) is 0 Å². The van der Waals surface area contributed by atoms with Crippen LogP contribution in [0.25, 0.3) is 0 Å². The predicted octanol–water partition coefficient (Wildman–Crippen LogP) is 4.74. The molecular weight excluding hydrogens is 180 g/mol. The van der Waals surface area contributed by atoms with Gasteiger partial charge in [0, 0.05) is 0 Å². The lowest BCUT2D eigenvalue weighted by molar-refractivity contribution is 0.191. The lowest BCUT2D eigenvalue weighted by Crippen LogP contribution is -2.22. The normalized spacial score (nSPS) is 39.8. The first kappa shape index (κ1) is 11.5. The third-order valence-electron chi connectivity index (χ3n) is 5.23. The molecule has 0 N–H and O–H groups in total. The summed E-state index contributed by atoms with van der Waals surface area (Å²) in [5, 5.41) is 0. The van der Waals surface area contributed by atoms with E-state index < -0.39 is 0 Å². The maximum atomic E-state index is 2.46. The van der Waals surface area contributed by atoms with E-state index in [1.54, 1.807) is 12.8 Å². The van der Waals surface area contributed by atoms with Crippen molar-refractivity contribution < 1.29 is 0 Å². The summed E-state index contributed by atoms with van der Waals surface area (Å²) in [5.74, 6) is 6.46. The number of fused-ring (bicyclic) bond motifs is 1. The number of unbranched alkanes of at least 4 members (excludes halogenated alkanes) is 1. The summed E-state index contributed by atoms with van der Waals surface area (Å²) in [6, 6.07) is 0. The fourth-order valence-electron chi connectivity index (χ4n) is 3.87. The Morgan fingerprint density at radius 1 is 1.27 bits per heavy atom. The zero-order chi connectivity index (χ0) is 11.0. The van der Waals surface area contributed by atoms with Crippen molar-refractivity contribution in [2.45, 2.75) is 59.8 Å².